The molecule has 31 heavy (non-hydrogen) atoms. The van der Waals surface area contributed by atoms with Gasteiger partial charge < -0.3 is 4.57 Å². The van der Waals surface area contributed by atoms with Crippen LogP contribution in [-0.4, -0.2) is 36.7 Å². The van der Waals surface area contributed by atoms with E-state index in [0.29, 0.717) is 18.2 Å². The van der Waals surface area contributed by atoms with Gasteiger partial charge in [-0.05, 0) is 74.8 Å². The molecule has 1 aromatic heterocycles. The molecule has 3 rings (SSSR count). The lowest BCUT2D eigenvalue weighted by Crippen LogP contribution is -2.28. The number of aromatic nitrogens is 1. The number of sulfonamides is 1. The first kappa shape index (κ1) is 23.3. The van der Waals surface area contributed by atoms with Crippen molar-refractivity contribution in [1.82, 2.24) is 9.47 Å². The highest BCUT2D eigenvalue weighted by Gasteiger charge is 2.16. The fraction of sp³-hybridized carbons (Fsp3) is 0.417. The quantitative estimate of drug-likeness (QED) is 0.446. The summed E-state index contributed by atoms with van der Waals surface area (Å²) in [5, 5.41) is 0.983. The Morgan fingerprint density at radius 3 is 2.45 bits per heavy atom. The largest absolute Gasteiger partial charge is 0.316 e. The van der Waals surface area contributed by atoms with Crippen LogP contribution in [0.15, 0.2) is 48.7 Å². The molecule has 0 saturated carbocycles. The van der Waals surface area contributed by atoms with E-state index in [9.17, 15) is 12.8 Å². The van der Waals surface area contributed by atoms with E-state index in [2.05, 4.69) is 36.7 Å². The van der Waals surface area contributed by atoms with Crippen LogP contribution in [0.1, 0.15) is 45.6 Å². The Morgan fingerprint density at radius 2 is 1.81 bits per heavy atom. The summed E-state index contributed by atoms with van der Waals surface area (Å²) in [6.45, 7) is 6.97. The Balaban J connectivity index is 2.06. The molecule has 1 N–H and O–H groups in total. The number of nitrogens with zero attached hydrogens (tertiary/aromatic N) is 2. The van der Waals surface area contributed by atoms with Gasteiger partial charge in [-0.3, -0.25) is 9.62 Å². The molecule has 0 saturated heterocycles. The van der Waals surface area contributed by atoms with E-state index in [-0.39, 0.29) is 11.6 Å². The van der Waals surface area contributed by atoms with Crippen LogP contribution in [0.5, 0.6) is 0 Å². The standard InChI is InChI=1S/C24H32FN3O2S/c1-5-7-18(3)27(4)16-19-17-28(22-11-8-20(25)9-12-22)24-13-10-21(15-23(19)24)26-31(29,30)14-6-2/h8-13,15,17-18,26H,5-7,14,16H2,1-4H3. The van der Waals surface area contributed by atoms with Crippen molar-refractivity contribution in [3.63, 3.8) is 0 Å². The van der Waals surface area contributed by atoms with Crippen LogP contribution in [0.4, 0.5) is 10.1 Å². The van der Waals surface area contributed by atoms with Crippen LogP contribution in [-0.2, 0) is 16.6 Å². The summed E-state index contributed by atoms with van der Waals surface area (Å²) in [5.74, 6) is -0.188. The number of nitrogens with one attached hydrogen (secondary N) is 1. The van der Waals surface area contributed by atoms with Crippen LogP contribution < -0.4 is 4.72 Å². The van der Waals surface area contributed by atoms with Gasteiger partial charge >= 0.3 is 0 Å². The second kappa shape index (κ2) is 9.83. The molecule has 1 atom stereocenters. The number of fused-ring (bicyclic) bond motifs is 1. The summed E-state index contributed by atoms with van der Waals surface area (Å²) in [6, 6.07) is 12.4. The average molecular weight is 446 g/mol. The predicted octanol–water partition coefficient (Wildman–Crippen LogP) is 5.54. The van der Waals surface area contributed by atoms with Crippen molar-refractivity contribution < 1.29 is 12.8 Å². The van der Waals surface area contributed by atoms with Gasteiger partial charge in [-0.25, -0.2) is 12.8 Å². The summed E-state index contributed by atoms with van der Waals surface area (Å²) in [7, 11) is -1.26. The zero-order valence-corrected chi connectivity index (χ0v) is 19.5. The van der Waals surface area contributed by atoms with Gasteiger partial charge in [0.1, 0.15) is 5.82 Å². The van der Waals surface area contributed by atoms with Gasteiger partial charge in [0.05, 0.1) is 11.3 Å². The van der Waals surface area contributed by atoms with Gasteiger partial charge in [0.15, 0.2) is 0 Å². The molecule has 0 aliphatic carbocycles. The highest BCUT2D eigenvalue weighted by atomic mass is 32.2. The van der Waals surface area contributed by atoms with Crippen LogP contribution >= 0.6 is 0 Å². The minimum absolute atomic E-state index is 0.0890. The monoisotopic (exact) mass is 445 g/mol. The Labute approximate surface area is 184 Å². The third-order valence-corrected chi connectivity index (χ3v) is 7.11. The minimum Gasteiger partial charge on any atom is -0.316 e. The zero-order chi connectivity index (χ0) is 22.6. The summed E-state index contributed by atoms with van der Waals surface area (Å²) < 4.78 is 42.7. The second-order valence-electron chi connectivity index (χ2n) is 8.21. The maximum atomic E-state index is 13.4. The Hall–Kier alpha value is -2.38. The van der Waals surface area contributed by atoms with Gasteiger partial charge in [0.2, 0.25) is 10.0 Å². The van der Waals surface area contributed by atoms with E-state index >= 15 is 0 Å². The summed E-state index contributed by atoms with van der Waals surface area (Å²) in [5.41, 5.74) is 3.47. The smallest absolute Gasteiger partial charge is 0.232 e. The fourth-order valence-corrected chi connectivity index (χ4v) is 4.99. The van der Waals surface area contributed by atoms with Crippen LogP contribution in [0, 0.1) is 5.82 Å². The molecule has 0 aliphatic rings. The molecule has 0 aliphatic heterocycles. The summed E-state index contributed by atoms with van der Waals surface area (Å²) in [6.07, 6.45) is 4.85. The molecular formula is C24H32FN3O2S. The number of rotatable bonds is 10. The molecule has 1 unspecified atom stereocenters. The van der Waals surface area contributed by atoms with Gasteiger partial charge in [-0.1, -0.05) is 20.3 Å². The first-order valence-electron chi connectivity index (χ1n) is 10.8. The third-order valence-electron chi connectivity index (χ3n) is 5.62. The van der Waals surface area contributed by atoms with Crippen LogP contribution in [0.2, 0.25) is 0 Å². The van der Waals surface area contributed by atoms with E-state index in [1.165, 1.54) is 12.1 Å². The second-order valence-corrected chi connectivity index (χ2v) is 10.0. The van der Waals surface area contributed by atoms with Crippen molar-refractivity contribution in [3.05, 3.63) is 60.0 Å². The first-order valence-corrected chi connectivity index (χ1v) is 12.5. The topological polar surface area (TPSA) is 54.3 Å². The van der Waals surface area contributed by atoms with Crippen molar-refractivity contribution in [2.45, 2.75) is 52.6 Å². The number of hydrogen-bond acceptors (Lipinski definition) is 3. The lowest BCUT2D eigenvalue weighted by molar-refractivity contribution is 0.237. The molecule has 1 heterocycles. The Bertz CT molecular complexity index is 1120. The molecule has 7 heteroatoms. The van der Waals surface area contributed by atoms with E-state index in [0.717, 1.165) is 41.5 Å². The maximum absolute atomic E-state index is 13.4. The first-order chi connectivity index (χ1) is 14.7. The molecule has 0 spiro atoms. The van der Waals surface area contributed by atoms with Gasteiger partial charge in [0.25, 0.3) is 0 Å². The van der Waals surface area contributed by atoms with Crippen molar-refractivity contribution >= 4 is 26.6 Å². The van der Waals surface area contributed by atoms with Crippen molar-refractivity contribution in [2.75, 3.05) is 17.5 Å². The molecule has 5 nitrogen and oxygen atoms in total. The average Bonchev–Trinajstić information content (AvgIpc) is 3.06. The van der Waals surface area contributed by atoms with Crippen LogP contribution in [0.3, 0.4) is 0 Å². The van der Waals surface area contributed by atoms with E-state index in [4.69, 9.17) is 0 Å². The molecule has 3 aromatic rings. The SMILES string of the molecule is CCCC(C)N(C)Cc1cn(-c2ccc(F)cc2)c2ccc(NS(=O)(=O)CCC)cc12. The molecular weight excluding hydrogens is 413 g/mol. The van der Waals surface area contributed by atoms with E-state index in [1.807, 2.05) is 23.6 Å². The number of halogens is 1. The van der Waals surface area contributed by atoms with Crippen molar-refractivity contribution in [2.24, 2.45) is 0 Å². The highest BCUT2D eigenvalue weighted by molar-refractivity contribution is 7.92. The Morgan fingerprint density at radius 1 is 1.10 bits per heavy atom. The molecule has 0 amide bonds. The highest BCUT2D eigenvalue weighted by Crippen LogP contribution is 2.29. The van der Waals surface area contributed by atoms with E-state index in [1.54, 1.807) is 18.2 Å². The van der Waals surface area contributed by atoms with Crippen molar-refractivity contribution in [1.29, 1.82) is 0 Å². The lowest BCUT2D eigenvalue weighted by atomic mass is 10.1. The predicted molar refractivity (Wildman–Crippen MR) is 127 cm³/mol. The third kappa shape index (κ3) is 5.66. The normalized spacial score (nSPS) is 13.1. The summed E-state index contributed by atoms with van der Waals surface area (Å²) in [4.78, 5) is 2.31. The molecule has 0 radical (unpaired) electrons. The maximum Gasteiger partial charge on any atom is 0.232 e. The summed E-state index contributed by atoms with van der Waals surface area (Å²) >= 11 is 0. The Kier molecular flexibility index (Phi) is 7.38. The fourth-order valence-electron chi connectivity index (χ4n) is 3.87. The molecule has 2 aromatic carbocycles. The molecule has 0 fully saturated rings. The van der Waals surface area contributed by atoms with Gasteiger partial charge in [-0.15, -0.1) is 0 Å². The van der Waals surface area contributed by atoms with E-state index < -0.39 is 10.0 Å². The molecule has 0 bridgehead atoms. The minimum atomic E-state index is -3.37. The lowest BCUT2D eigenvalue weighted by Gasteiger charge is -2.24. The molecule has 168 valence electrons. The van der Waals surface area contributed by atoms with Gasteiger partial charge in [-0.2, -0.15) is 0 Å². The number of anilines is 1. The van der Waals surface area contributed by atoms with Crippen molar-refractivity contribution in [3.8, 4) is 5.69 Å². The number of benzene rings is 2. The van der Waals surface area contributed by atoms with Crippen LogP contribution in [0.25, 0.3) is 16.6 Å². The number of hydrogen-bond donors (Lipinski definition) is 1. The zero-order valence-electron chi connectivity index (χ0n) is 18.7. The van der Waals surface area contributed by atoms with Gasteiger partial charge in [0, 0.05) is 35.5 Å².